The Labute approximate surface area is 110 Å². The van der Waals surface area contributed by atoms with Gasteiger partial charge in [-0.2, -0.15) is 4.98 Å². The van der Waals surface area contributed by atoms with Crippen LogP contribution in [0.4, 0.5) is 0 Å². The van der Waals surface area contributed by atoms with Gasteiger partial charge in [-0.1, -0.05) is 41.5 Å². The van der Waals surface area contributed by atoms with Gasteiger partial charge in [0.15, 0.2) is 0 Å². The highest BCUT2D eigenvalue weighted by molar-refractivity contribution is 5.37. The van der Waals surface area contributed by atoms with Gasteiger partial charge in [0, 0.05) is 16.4 Å². The van der Waals surface area contributed by atoms with E-state index in [2.05, 4.69) is 46.5 Å². The van der Waals surface area contributed by atoms with Gasteiger partial charge in [0.25, 0.3) is 0 Å². The fourth-order valence-corrected chi connectivity index (χ4v) is 2.18. The topological polar surface area (TPSA) is 35.0 Å². The molecule has 0 bridgehead atoms. The van der Waals surface area contributed by atoms with Gasteiger partial charge in [-0.3, -0.25) is 0 Å². The summed E-state index contributed by atoms with van der Waals surface area (Å²) in [4.78, 5) is 9.46. The molecule has 0 spiro atoms. The van der Waals surface area contributed by atoms with Gasteiger partial charge in [-0.05, 0) is 12.8 Å². The first kappa shape index (κ1) is 13.3. The van der Waals surface area contributed by atoms with E-state index in [1.807, 2.05) is 0 Å². The maximum atomic E-state index is 5.74. The molecule has 0 unspecified atom stereocenters. The van der Waals surface area contributed by atoms with Crippen LogP contribution in [0.25, 0.3) is 0 Å². The Morgan fingerprint density at radius 1 is 0.944 bits per heavy atom. The minimum atomic E-state index is -0.0458. The van der Waals surface area contributed by atoms with Crippen molar-refractivity contribution in [3.63, 3.8) is 0 Å². The second-order valence-corrected chi connectivity index (χ2v) is 7.13. The molecular weight excluding hydrogens is 224 g/mol. The van der Waals surface area contributed by atoms with Crippen LogP contribution in [0.1, 0.15) is 65.0 Å². The van der Waals surface area contributed by atoms with Gasteiger partial charge < -0.3 is 4.74 Å². The van der Waals surface area contributed by atoms with Crippen molar-refractivity contribution < 1.29 is 4.74 Å². The van der Waals surface area contributed by atoms with Crippen LogP contribution in [0.2, 0.25) is 0 Å². The van der Waals surface area contributed by atoms with E-state index in [1.54, 1.807) is 0 Å². The molecule has 0 aliphatic carbocycles. The van der Waals surface area contributed by atoms with Crippen molar-refractivity contribution in [3.05, 3.63) is 17.1 Å². The smallest absolute Gasteiger partial charge is 0.220 e. The van der Waals surface area contributed by atoms with Crippen molar-refractivity contribution >= 4 is 0 Å². The highest BCUT2D eigenvalue weighted by atomic mass is 16.5. The monoisotopic (exact) mass is 248 g/mol. The molecule has 1 aliphatic rings. The molecule has 0 atom stereocenters. The van der Waals surface area contributed by atoms with Gasteiger partial charge >= 0.3 is 0 Å². The summed E-state index contributed by atoms with van der Waals surface area (Å²) in [6.45, 7) is 13.8. The van der Waals surface area contributed by atoms with E-state index in [9.17, 15) is 0 Å². The van der Waals surface area contributed by atoms with Gasteiger partial charge in [0.2, 0.25) is 5.88 Å². The molecule has 1 aromatic heterocycles. The van der Waals surface area contributed by atoms with E-state index in [0.717, 1.165) is 36.8 Å². The molecule has 0 fully saturated rings. The van der Waals surface area contributed by atoms with Gasteiger partial charge in [-0.25, -0.2) is 4.98 Å². The molecule has 0 N–H and O–H groups in total. The summed E-state index contributed by atoms with van der Waals surface area (Å²) in [7, 11) is 0. The first-order valence-electron chi connectivity index (χ1n) is 6.74. The molecule has 3 nitrogen and oxygen atoms in total. The van der Waals surface area contributed by atoms with E-state index < -0.39 is 0 Å². The van der Waals surface area contributed by atoms with E-state index in [1.165, 1.54) is 5.56 Å². The average Bonchev–Trinajstić information content (AvgIpc) is 2.25. The Kier molecular flexibility index (Phi) is 3.12. The number of fused-ring (bicyclic) bond motifs is 1. The molecular formula is C15H24N2O. The molecule has 0 saturated carbocycles. The molecule has 1 aliphatic heterocycles. The molecule has 0 amide bonds. The van der Waals surface area contributed by atoms with Crippen LogP contribution in [0.15, 0.2) is 0 Å². The normalized spacial score (nSPS) is 16.1. The van der Waals surface area contributed by atoms with E-state index in [0.29, 0.717) is 0 Å². The number of hydrogen-bond donors (Lipinski definition) is 0. The Morgan fingerprint density at radius 3 is 2.17 bits per heavy atom. The third-order valence-electron chi connectivity index (χ3n) is 3.16. The first-order valence-corrected chi connectivity index (χ1v) is 6.74. The minimum absolute atomic E-state index is 0.0354. The molecule has 18 heavy (non-hydrogen) atoms. The summed E-state index contributed by atoms with van der Waals surface area (Å²) in [6.07, 6.45) is 2.10. The Morgan fingerprint density at radius 2 is 1.61 bits per heavy atom. The predicted octanol–water partition coefficient (Wildman–Crippen LogP) is 3.40. The van der Waals surface area contributed by atoms with Gasteiger partial charge in [0.1, 0.15) is 5.82 Å². The Bertz CT molecular complexity index is 453. The van der Waals surface area contributed by atoms with Crippen LogP contribution in [0.3, 0.4) is 0 Å². The Hall–Kier alpha value is -1.12. The number of rotatable bonds is 0. The highest BCUT2D eigenvalue weighted by Gasteiger charge is 2.29. The lowest BCUT2D eigenvalue weighted by atomic mass is 9.86. The van der Waals surface area contributed by atoms with E-state index in [4.69, 9.17) is 9.72 Å². The summed E-state index contributed by atoms with van der Waals surface area (Å²) >= 11 is 0. The number of aromatic nitrogens is 2. The highest BCUT2D eigenvalue weighted by Crippen LogP contribution is 2.34. The van der Waals surface area contributed by atoms with Crippen molar-refractivity contribution in [2.24, 2.45) is 0 Å². The lowest BCUT2D eigenvalue weighted by molar-refractivity contribution is 0.268. The summed E-state index contributed by atoms with van der Waals surface area (Å²) in [6, 6.07) is 0. The lowest BCUT2D eigenvalue weighted by Gasteiger charge is -2.28. The third kappa shape index (κ3) is 2.50. The SMILES string of the molecule is CC(C)(C)c1nc2c(c(C(C)(C)C)n1)CCCO2. The molecule has 3 heteroatoms. The maximum absolute atomic E-state index is 5.74. The lowest BCUT2D eigenvalue weighted by Crippen LogP contribution is -2.26. The van der Waals surface area contributed by atoms with Crippen LogP contribution in [0, 0.1) is 0 Å². The third-order valence-corrected chi connectivity index (χ3v) is 3.16. The zero-order valence-electron chi connectivity index (χ0n) is 12.4. The molecule has 2 heterocycles. The first-order chi connectivity index (χ1) is 8.19. The standard InChI is InChI=1S/C15H24N2O/c1-14(2,3)11-10-8-7-9-18-12(10)17-13(16-11)15(4,5)6/h7-9H2,1-6H3. The predicted molar refractivity (Wildman–Crippen MR) is 73.2 cm³/mol. The number of ether oxygens (including phenoxy) is 1. The molecule has 1 aromatic rings. The Balaban J connectivity index is 2.63. The van der Waals surface area contributed by atoms with E-state index in [-0.39, 0.29) is 10.8 Å². The summed E-state index contributed by atoms with van der Waals surface area (Å²) in [5.41, 5.74) is 2.35. The molecule has 0 aromatic carbocycles. The molecule has 0 radical (unpaired) electrons. The minimum Gasteiger partial charge on any atom is -0.477 e. The number of nitrogens with zero attached hydrogens (tertiary/aromatic N) is 2. The van der Waals surface area contributed by atoms with Crippen LogP contribution in [0.5, 0.6) is 5.88 Å². The maximum Gasteiger partial charge on any atom is 0.220 e. The number of hydrogen-bond acceptors (Lipinski definition) is 3. The largest absolute Gasteiger partial charge is 0.477 e. The van der Waals surface area contributed by atoms with Crippen molar-refractivity contribution in [2.45, 2.75) is 65.2 Å². The zero-order valence-corrected chi connectivity index (χ0v) is 12.4. The van der Waals surface area contributed by atoms with Crippen molar-refractivity contribution in [1.82, 2.24) is 9.97 Å². The zero-order chi connectivity index (χ0) is 13.6. The van der Waals surface area contributed by atoms with Crippen LogP contribution in [-0.2, 0) is 17.3 Å². The quantitative estimate of drug-likeness (QED) is 0.706. The van der Waals surface area contributed by atoms with Gasteiger partial charge in [-0.15, -0.1) is 0 Å². The fraction of sp³-hybridized carbons (Fsp3) is 0.733. The van der Waals surface area contributed by atoms with Crippen LogP contribution in [-0.4, -0.2) is 16.6 Å². The van der Waals surface area contributed by atoms with E-state index >= 15 is 0 Å². The molecule has 0 saturated heterocycles. The fourth-order valence-electron chi connectivity index (χ4n) is 2.18. The van der Waals surface area contributed by atoms with Gasteiger partial charge in [0.05, 0.1) is 12.3 Å². The average molecular weight is 248 g/mol. The summed E-state index contributed by atoms with van der Waals surface area (Å²) < 4.78 is 5.74. The summed E-state index contributed by atoms with van der Waals surface area (Å²) in [5.74, 6) is 1.69. The molecule has 100 valence electrons. The van der Waals surface area contributed by atoms with Crippen molar-refractivity contribution in [3.8, 4) is 5.88 Å². The van der Waals surface area contributed by atoms with Crippen molar-refractivity contribution in [2.75, 3.05) is 6.61 Å². The van der Waals surface area contributed by atoms with Crippen LogP contribution < -0.4 is 4.74 Å². The summed E-state index contributed by atoms with van der Waals surface area (Å²) in [5, 5.41) is 0. The second-order valence-electron chi connectivity index (χ2n) is 7.13. The van der Waals surface area contributed by atoms with Crippen molar-refractivity contribution in [1.29, 1.82) is 0 Å². The van der Waals surface area contributed by atoms with Crippen LogP contribution >= 0.6 is 0 Å². The second kappa shape index (κ2) is 4.22. The molecule has 2 rings (SSSR count).